The van der Waals surface area contributed by atoms with Gasteiger partial charge < -0.3 is 5.73 Å². The van der Waals surface area contributed by atoms with E-state index in [1.165, 1.54) is 12.1 Å². The Morgan fingerprint density at radius 1 is 1.00 bits per heavy atom. The van der Waals surface area contributed by atoms with E-state index in [1.54, 1.807) is 6.07 Å². The fraction of sp³-hybridized carbons (Fsp3) is 0.143. The average molecular weight is 330 g/mol. The lowest BCUT2D eigenvalue weighted by Crippen LogP contribution is -2.04. The Morgan fingerprint density at radius 2 is 1.63 bits per heavy atom. The van der Waals surface area contributed by atoms with Gasteiger partial charge in [0.05, 0.1) is 5.56 Å². The Hall–Kier alpha value is -1.49. The monoisotopic (exact) mass is 329 g/mol. The molecule has 0 aromatic heterocycles. The molecule has 0 saturated heterocycles. The molecule has 0 saturated carbocycles. The van der Waals surface area contributed by atoms with Crippen LogP contribution in [-0.2, 0) is 12.6 Å². The fourth-order valence-electron chi connectivity index (χ4n) is 1.76. The average Bonchev–Trinajstić information content (AvgIpc) is 2.33. The second-order valence-electron chi connectivity index (χ2n) is 4.21. The summed E-state index contributed by atoms with van der Waals surface area (Å²) in [6.07, 6.45) is -3.79. The number of hydrogen-bond donors (Lipinski definition) is 1. The van der Waals surface area contributed by atoms with E-state index in [2.05, 4.69) is 15.9 Å². The number of hydrogen-bond acceptors (Lipinski definition) is 1. The van der Waals surface area contributed by atoms with Crippen molar-refractivity contribution in [2.75, 3.05) is 5.73 Å². The van der Waals surface area contributed by atoms with Crippen molar-refractivity contribution in [2.24, 2.45) is 0 Å². The van der Waals surface area contributed by atoms with Gasteiger partial charge in [0.15, 0.2) is 0 Å². The van der Waals surface area contributed by atoms with Crippen LogP contribution in [0, 0.1) is 0 Å². The maximum atomic E-state index is 12.4. The van der Waals surface area contributed by atoms with E-state index in [0.717, 1.165) is 27.7 Å². The zero-order valence-electron chi connectivity index (χ0n) is 9.84. The number of rotatable bonds is 2. The molecule has 2 N–H and O–H groups in total. The van der Waals surface area contributed by atoms with Crippen molar-refractivity contribution in [1.82, 2.24) is 0 Å². The van der Waals surface area contributed by atoms with Crippen LogP contribution in [0.4, 0.5) is 18.9 Å². The molecule has 1 nitrogen and oxygen atoms in total. The second-order valence-corrected chi connectivity index (χ2v) is 5.13. The predicted molar refractivity (Wildman–Crippen MR) is 72.8 cm³/mol. The summed E-state index contributed by atoms with van der Waals surface area (Å²) < 4.78 is 38.2. The summed E-state index contributed by atoms with van der Waals surface area (Å²) in [5, 5.41) is 0. The minimum atomic E-state index is -4.30. The molecule has 0 aliphatic heterocycles. The summed E-state index contributed by atoms with van der Waals surface area (Å²) in [7, 11) is 0. The number of benzene rings is 2. The van der Waals surface area contributed by atoms with Gasteiger partial charge in [0.2, 0.25) is 0 Å². The van der Waals surface area contributed by atoms with Crippen molar-refractivity contribution in [3.8, 4) is 0 Å². The minimum Gasteiger partial charge on any atom is -0.398 e. The standard InChI is InChI=1S/C14H11BrF3N/c15-12-5-6-13(19)10(8-12)7-9-1-3-11(4-2-9)14(16,17)18/h1-6,8H,7,19H2. The molecule has 0 fully saturated rings. The van der Waals surface area contributed by atoms with Gasteiger partial charge in [0.25, 0.3) is 0 Å². The quantitative estimate of drug-likeness (QED) is 0.798. The smallest absolute Gasteiger partial charge is 0.398 e. The Labute approximate surface area is 117 Å². The van der Waals surface area contributed by atoms with Crippen molar-refractivity contribution >= 4 is 21.6 Å². The van der Waals surface area contributed by atoms with Crippen LogP contribution in [0.5, 0.6) is 0 Å². The molecule has 0 atom stereocenters. The molecule has 0 bridgehead atoms. The maximum Gasteiger partial charge on any atom is 0.416 e. The van der Waals surface area contributed by atoms with Crippen LogP contribution in [0.1, 0.15) is 16.7 Å². The molecule has 100 valence electrons. The molecule has 5 heteroatoms. The van der Waals surface area contributed by atoms with E-state index < -0.39 is 11.7 Å². The highest BCUT2D eigenvalue weighted by Crippen LogP contribution is 2.29. The summed E-state index contributed by atoms with van der Waals surface area (Å²) in [5.41, 5.74) is 7.50. The van der Waals surface area contributed by atoms with Crippen LogP contribution < -0.4 is 5.73 Å². The summed E-state index contributed by atoms with van der Waals surface area (Å²) in [6, 6.07) is 10.6. The van der Waals surface area contributed by atoms with Gasteiger partial charge in [-0.3, -0.25) is 0 Å². The summed E-state index contributed by atoms with van der Waals surface area (Å²) in [6.45, 7) is 0. The lowest BCUT2D eigenvalue weighted by molar-refractivity contribution is -0.137. The summed E-state index contributed by atoms with van der Waals surface area (Å²) >= 11 is 3.34. The summed E-state index contributed by atoms with van der Waals surface area (Å²) in [4.78, 5) is 0. The highest BCUT2D eigenvalue weighted by Gasteiger charge is 2.29. The van der Waals surface area contributed by atoms with Gasteiger partial charge in [-0.1, -0.05) is 28.1 Å². The largest absolute Gasteiger partial charge is 0.416 e. The third-order valence-electron chi connectivity index (χ3n) is 2.78. The van der Waals surface area contributed by atoms with Crippen molar-refractivity contribution in [2.45, 2.75) is 12.6 Å². The minimum absolute atomic E-state index is 0.503. The van der Waals surface area contributed by atoms with Crippen LogP contribution in [0.25, 0.3) is 0 Å². The lowest BCUT2D eigenvalue weighted by Gasteiger charge is -2.09. The van der Waals surface area contributed by atoms with Crippen molar-refractivity contribution < 1.29 is 13.2 Å². The number of nitrogen functional groups attached to an aromatic ring is 1. The molecule has 19 heavy (non-hydrogen) atoms. The van der Waals surface area contributed by atoms with Crippen LogP contribution in [0.2, 0.25) is 0 Å². The Morgan fingerprint density at radius 3 is 2.21 bits per heavy atom. The highest BCUT2D eigenvalue weighted by atomic mass is 79.9. The molecular weight excluding hydrogens is 319 g/mol. The zero-order valence-corrected chi connectivity index (χ0v) is 11.4. The molecule has 2 rings (SSSR count). The van der Waals surface area contributed by atoms with E-state index in [-0.39, 0.29) is 0 Å². The van der Waals surface area contributed by atoms with Crippen LogP contribution in [-0.4, -0.2) is 0 Å². The number of alkyl halides is 3. The van der Waals surface area contributed by atoms with Gasteiger partial charge in [0.1, 0.15) is 0 Å². The number of halogens is 4. The van der Waals surface area contributed by atoms with Gasteiger partial charge in [-0.2, -0.15) is 13.2 Å². The first-order valence-corrected chi connectivity index (χ1v) is 6.35. The molecule has 0 aliphatic carbocycles. The maximum absolute atomic E-state index is 12.4. The Balaban J connectivity index is 2.22. The van der Waals surface area contributed by atoms with Crippen molar-refractivity contribution in [1.29, 1.82) is 0 Å². The number of anilines is 1. The number of nitrogens with two attached hydrogens (primary N) is 1. The molecule has 0 heterocycles. The third kappa shape index (κ3) is 3.50. The normalized spacial score (nSPS) is 11.6. The van der Waals surface area contributed by atoms with Gasteiger partial charge in [-0.15, -0.1) is 0 Å². The first-order chi connectivity index (χ1) is 8.86. The second kappa shape index (κ2) is 5.25. The van der Waals surface area contributed by atoms with E-state index in [1.807, 2.05) is 12.1 Å². The predicted octanol–water partition coefficient (Wildman–Crippen LogP) is 4.64. The van der Waals surface area contributed by atoms with E-state index in [4.69, 9.17) is 5.73 Å². The van der Waals surface area contributed by atoms with Crippen molar-refractivity contribution in [3.05, 3.63) is 63.6 Å². The molecule has 0 spiro atoms. The molecule has 0 unspecified atom stereocenters. The van der Waals surface area contributed by atoms with Crippen LogP contribution in [0.15, 0.2) is 46.9 Å². The molecule has 0 radical (unpaired) electrons. The first-order valence-electron chi connectivity index (χ1n) is 5.56. The van der Waals surface area contributed by atoms with Crippen LogP contribution >= 0.6 is 15.9 Å². The third-order valence-corrected chi connectivity index (χ3v) is 3.27. The van der Waals surface area contributed by atoms with Crippen LogP contribution in [0.3, 0.4) is 0 Å². The zero-order chi connectivity index (χ0) is 14.0. The van der Waals surface area contributed by atoms with E-state index in [0.29, 0.717) is 12.1 Å². The fourth-order valence-corrected chi connectivity index (χ4v) is 2.17. The van der Waals surface area contributed by atoms with Gasteiger partial charge in [0, 0.05) is 10.2 Å². The Bertz CT molecular complexity index is 576. The van der Waals surface area contributed by atoms with Gasteiger partial charge in [-0.25, -0.2) is 0 Å². The lowest BCUT2D eigenvalue weighted by atomic mass is 10.0. The Kier molecular flexibility index (Phi) is 3.85. The summed E-state index contributed by atoms with van der Waals surface area (Å²) in [5.74, 6) is 0. The molecule has 0 amide bonds. The molecule has 2 aromatic rings. The van der Waals surface area contributed by atoms with E-state index >= 15 is 0 Å². The van der Waals surface area contributed by atoms with E-state index in [9.17, 15) is 13.2 Å². The molecule has 2 aromatic carbocycles. The highest BCUT2D eigenvalue weighted by molar-refractivity contribution is 9.10. The van der Waals surface area contributed by atoms with Gasteiger partial charge in [-0.05, 0) is 47.9 Å². The van der Waals surface area contributed by atoms with Gasteiger partial charge >= 0.3 is 6.18 Å². The topological polar surface area (TPSA) is 26.0 Å². The molecule has 0 aliphatic rings. The van der Waals surface area contributed by atoms with Crippen molar-refractivity contribution in [3.63, 3.8) is 0 Å². The first kappa shape index (κ1) is 13.9. The molecular formula is C14H11BrF3N. The SMILES string of the molecule is Nc1ccc(Br)cc1Cc1ccc(C(F)(F)F)cc1.